The van der Waals surface area contributed by atoms with E-state index in [9.17, 15) is 23.1 Å². The van der Waals surface area contributed by atoms with Crippen LogP contribution in [-0.2, 0) is 4.79 Å². The predicted molar refractivity (Wildman–Crippen MR) is 70.3 cm³/mol. The second-order valence-corrected chi connectivity index (χ2v) is 4.88. The van der Waals surface area contributed by atoms with Crippen molar-refractivity contribution in [3.63, 3.8) is 0 Å². The SMILES string of the molecule is C[C@H](NC(=O)C[C@@](O)(CCO)C(F)(F)F)c1ccccc1. The summed E-state index contributed by atoms with van der Waals surface area (Å²) < 4.78 is 38.3. The number of aliphatic hydroxyl groups excluding tert-OH is 1. The Kier molecular flexibility index (Phi) is 5.74. The molecule has 0 aromatic heterocycles. The number of nitrogens with one attached hydrogen (secondary N) is 1. The Bertz CT molecular complexity index is 464. The minimum atomic E-state index is -4.98. The van der Waals surface area contributed by atoms with Crippen LogP contribution >= 0.6 is 0 Å². The Labute approximate surface area is 120 Å². The molecule has 7 heteroatoms. The van der Waals surface area contributed by atoms with Crippen LogP contribution in [0, 0.1) is 0 Å². The highest BCUT2D eigenvalue weighted by Gasteiger charge is 2.54. The molecule has 118 valence electrons. The number of hydrogen-bond acceptors (Lipinski definition) is 3. The standard InChI is InChI=1S/C14H18F3NO3/c1-10(11-5-3-2-4-6-11)18-12(20)9-13(21,7-8-19)14(15,16)17/h2-6,10,19,21H,7-9H2,1H3,(H,18,20)/t10-,13-/m0/s1. The van der Waals surface area contributed by atoms with Gasteiger partial charge in [-0.25, -0.2) is 0 Å². The quantitative estimate of drug-likeness (QED) is 0.752. The number of carbonyl (C=O) groups excluding carboxylic acids is 1. The largest absolute Gasteiger partial charge is 0.417 e. The highest BCUT2D eigenvalue weighted by molar-refractivity contribution is 5.77. The lowest BCUT2D eigenvalue weighted by Gasteiger charge is -2.29. The summed E-state index contributed by atoms with van der Waals surface area (Å²) in [6.07, 6.45) is -7.07. The monoisotopic (exact) mass is 305 g/mol. The zero-order valence-corrected chi connectivity index (χ0v) is 11.5. The van der Waals surface area contributed by atoms with Crippen LogP contribution in [0.2, 0.25) is 0 Å². The molecule has 3 N–H and O–H groups in total. The first-order chi connectivity index (χ1) is 9.69. The maximum absolute atomic E-state index is 12.8. The van der Waals surface area contributed by atoms with Gasteiger partial charge in [-0.1, -0.05) is 30.3 Å². The Morgan fingerprint density at radius 2 is 1.86 bits per heavy atom. The molecule has 0 aliphatic heterocycles. The van der Waals surface area contributed by atoms with Gasteiger partial charge in [0.05, 0.1) is 12.5 Å². The van der Waals surface area contributed by atoms with E-state index in [2.05, 4.69) is 5.32 Å². The van der Waals surface area contributed by atoms with Crippen LogP contribution in [0.4, 0.5) is 13.2 Å². The molecule has 4 nitrogen and oxygen atoms in total. The van der Waals surface area contributed by atoms with E-state index in [0.717, 1.165) is 5.56 Å². The highest BCUT2D eigenvalue weighted by Crippen LogP contribution is 2.35. The Morgan fingerprint density at radius 3 is 2.33 bits per heavy atom. The summed E-state index contributed by atoms with van der Waals surface area (Å²) in [4.78, 5) is 11.7. The van der Waals surface area contributed by atoms with Gasteiger partial charge in [-0.2, -0.15) is 13.2 Å². The molecule has 0 fully saturated rings. The Morgan fingerprint density at radius 1 is 1.29 bits per heavy atom. The molecule has 1 aromatic rings. The summed E-state index contributed by atoms with van der Waals surface area (Å²) in [7, 11) is 0. The molecule has 1 rings (SSSR count). The van der Waals surface area contributed by atoms with Gasteiger partial charge >= 0.3 is 6.18 Å². The molecule has 0 aliphatic carbocycles. The van der Waals surface area contributed by atoms with E-state index in [1.807, 2.05) is 0 Å². The average Bonchev–Trinajstić information content (AvgIpc) is 2.38. The molecule has 1 aromatic carbocycles. The van der Waals surface area contributed by atoms with Gasteiger partial charge in [-0.05, 0) is 12.5 Å². The number of alkyl halides is 3. The summed E-state index contributed by atoms with van der Waals surface area (Å²) in [6, 6.07) is 8.25. The van der Waals surface area contributed by atoms with Crippen LogP contribution in [0.1, 0.15) is 31.4 Å². The molecule has 0 bridgehead atoms. The van der Waals surface area contributed by atoms with Crippen molar-refractivity contribution in [1.82, 2.24) is 5.32 Å². The van der Waals surface area contributed by atoms with Crippen molar-refractivity contribution in [1.29, 1.82) is 0 Å². The molecular formula is C14H18F3NO3. The van der Waals surface area contributed by atoms with Crippen molar-refractivity contribution >= 4 is 5.91 Å². The van der Waals surface area contributed by atoms with Crippen LogP contribution in [0.15, 0.2) is 30.3 Å². The first-order valence-electron chi connectivity index (χ1n) is 6.44. The van der Waals surface area contributed by atoms with Crippen LogP contribution in [0.3, 0.4) is 0 Å². The molecule has 0 heterocycles. The van der Waals surface area contributed by atoms with Gasteiger partial charge in [-0.15, -0.1) is 0 Å². The second-order valence-electron chi connectivity index (χ2n) is 4.88. The lowest BCUT2D eigenvalue weighted by atomic mass is 9.94. The zero-order valence-electron chi connectivity index (χ0n) is 11.5. The fraction of sp³-hybridized carbons (Fsp3) is 0.500. The third kappa shape index (κ3) is 4.71. The summed E-state index contributed by atoms with van der Waals surface area (Å²) in [5, 5.41) is 20.6. The van der Waals surface area contributed by atoms with Crippen molar-refractivity contribution in [2.24, 2.45) is 0 Å². The van der Waals surface area contributed by atoms with E-state index >= 15 is 0 Å². The molecular weight excluding hydrogens is 287 g/mol. The molecule has 21 heavy (non-hydrogen) atoms. The van der Waals surface area contributed by atoms with Crippen molar-refractivity contribution in [2.75, 3.05) is 6.61 Å². The molecule has 0 aliphatic rings. The number of hydrogen-bond donors (Lipinski definition) is 3. The number of amides is 1. The summed E-state index contributed by atoms with van der Waals surface area (Å²) in [6.45, 7) is 0.767. The summed E-state index contributed by atoms with van der Waals surface area (Å²) in [5.74, 6) is -0.931. The summed E-state index contributed by atoms with van der Waals surface area (Å²) in [5.41, 5.74) is -2.48. The van der Waals surface area contributed by atoms with E-state index in [-0.39, 0.29) is 0 Å². The average molecular weight is 305 g/mol. The Balaban J connectivity index is 2.71. The fourth-order valence-electron chi connectivity index (χ4n) is 1.90. The normalized spacial score (nSPS) is 16.1. The molecule has 0 saturated carbocycles. The number of halogens is 3. The first kappa shape index (κ1) is 17.5. The molecule has 0 saturated heterocycles. The number of aliphatic hydroxyl groups is 2. The number of carbonyl (C=O) groups is 1. The maximum atomic E-state index is 12.8. The smallest absolute Gasteiger partial charge is 0.396 e. The second kappa shape index (κ2) is 6.91. The van der Waals surface area contributed by atoms with Gasteiger partial charge in [0.15, 0.2) is 5.60 Å². The molecule has 1 amide bonds. The third-order valence-electron chi connectivity index (χ3n) is 3.18. The predicted octanol–water partition coefficient (Wildman–Crippen LogP) is 1.93. The minimum Gasteiger partial charge on any atom is -0.396 e. The van der Waals surface area contributed by atoms with Crippen LogP contribution in [0.25, 0.3) is 0 Å². The van der Waals surface area contributed by atoms with Crippen LogP contribution in [0.5, 0.6) is 0 Å². The lowest BCUT2D eigenvalue weighted by molar-refractivity contribution is -0.265. The van der Waals surface area contributed by atoms with E-state index in [4.69, 9.17) is 5.11 Å². The molecule has 2 atom stereocenters. The van der Waals surface area contributed by atoms with Gasteiger partial charge < -0.3 is 15.5 Å². The van der Waals surface area contributed by atoms with Crippen molar-refractivity contribution < 1.29 is 28.2 Å². The first-order valence-corrected chi connectivity index (χ1v) is 6.44. The minimum absolute atomic E-state index is 0.481. The third-order valence-corrected chi connectivity index (χ3v) is 3.18. The lowest BCUT2D eigenvalue weighted by Crippen LogP contribution is -2.49. The number of rotatable bonds is 6. The van der Waals surface area contributed by atoms with Gasteiger partial charge in [0, 0.05) is 13.0 Å². The van der Waals surface area contributed by atoms with Gasteiger partial charge in [-0.3, -0.25) is 4.79 Å². The van der Waals surface area contributed by atoms with Gasteiger partial charge in [0.25, 0.3) is 0 Å². The fourth-order valence-corrected chi connectivity index (χ4v) is 1.90. The topological polar surface area (TPSA) is 69.6 Å². The summed E-state index contributed by atoms with van der Waals surface area (Å²) >= 11 is 0. The molecule has 0 radical (unpaired) electrons. The van der Waals surface area contributed by atoms with Crippen LogP contribution < -0.4 is 5.32 Å². The highest BCUT2D eigenvalue weighted by atomic mass is 19.4. The zero-order chi connectivity index (χ0) is 16.1. The van der Waals surface area contributed by atoms with Gasteiger partial charge in [0.2, 0.25) is 5.91 Å². The molecule has 0 unspecified atom stereocenters. The van der Waals surface area contributed by atoms with Crippen LogP contribution in [-0.4, -0.2) is 34.5 Å². The van der Waals surface area contributed by atoms with E-state index < -0.39 is 43.2 Å². The van der Waals surface area contributed by atoms with Crippen molar-refractivity contribution in [2.45, 2.75) is 37.6 Å². The number of benzene rings is 1. The van der Waals surface area contributed by atoms with Crippen molar-refractivity contribution in [3.8, 4) is 0 Å². The Hall–Kier alpha value is -1.60. The van der Waals surface area contributed by atoms with E-state index in [1.165, 1.54) is 0 Å². The van der Waals surface area contributed by atoms with E-state index in [1.54, 1.807) is 37.3 Å². The van der Waals surface area contributed by atoms with Gasteiger partial charge in [0.1, 0.15) is 0 Å². The molecule has 0 spiro atoms. The van der Waals surface area contributed by atoms with Crippen molar-refractivity contribution in [3.05, 3.63) is 35.9 Å². The maximum Gasteiger partial charge on any atom is 0.417 e. The van der Waals surface area contributed by atoms with E-state index in [0.29, 0.717) is 0 Å².